The summed E-state index contributed by atoms with van der Waals surface area (Å²) in [6.45, 7) is 8.17. The number of rotatable bonds is 5. The highest BCUT2D eigenvalue weighted by atomic mass is 32.2. The molecule has 1 unspecified atom stereocenters. The number of aromatic nitrogens is 1. The predicted octanol–water partition coefficient (Wildman–Crippen LogP) is 4.45. The lowest BCUT2D eigenvalue weighted by atomic mass is 9.91. The van der Waals surface area contributed by atoms with Gasteiger partial charge in [0.25, 0.3) is 0 Å². The van der Waals surface area contributed by atoms with Crippen molar-refractivity contribution in [2.45, 2.75) is 25.1 Å². The second-order valence-corrected chi connectivity index (χ2v) is 7.78. The summed E-state index contributed by atoms with van der Waals surface area (Å²) >= 11 is 1.68. The van der Waals surface area contributed by atoms with Gasteiger partial charge in [-0.05, 0) is 35.1 Å². The van der Waals surface area contributed by atoms with Crippen molar-refractivity contribution in [3.05, 3.63) is 60.4 Å². The molecule has 2 heterocycles. The van der Waals surface area contributed by atoms with E-state index in [1.807, 2.05) is 24.5 Å². The van der Waals surface area contributed by atoms with Gasteiger partial charge in [0.05, 0.1) is 5.75 Å². The molecule has 3 nitrogen and oxygen atoms in total. The van der Waals surface area contributed by atoms with E-state index in [1.165, 1.54) is 0 Å². The number of hydrogen-bond acceptors (Lipinski definition) is 3. The van der Waals surface area contributed by atoms with Crippen LogP contribution < -0.4 is 5.32 Å². The Balaban J connectivity index is 2.09. The van der Waals surface area contributed by atoms with Gasteiger partial charge in [-0.1, -0.05) is 50.8 Å². The van der Waals surface area contributed by atoms with Crippen LogP contribution in [0.15, 0.2) is 49.3 Å². The van der Waals surface area contributed by atoms with Crippen LogP contribution in [0, 0.1) is 5.92 Å². The molecule has 1 amide bonds. The molecule has 4 heteroatoms. The minimum absolute atomic E-state index is 0.0949. The van der Waals surface area contributed by atoms with Crippen LogP contribution in [0.3, 0.4) is 0 Å². The standard InChI is InChI=1S/C20H22N2OS/c1-4-15-5-7-16(8-6-15)17-9-10-21-12-18(17)20(11-14(2)3)22-19(23)13-24-20/h4-10,12,14H,1,11,13H2,2-3H3,(H,22,23). The van der Waals surface area contributed by atoms with Crippen LogP contribution in [0.2, 0.25) is 0 Å². The van der Waals surface area contributed by atoms with Crippen molar-refractivity contribution in [3.8, 4) is 11.1 Å². The Morgan fingerprint density at radius 1 is 1.33 bits per heavy atom. The van der Waals surface area contributed by atoms with Gasteiger partial charge in [0.15, 0.2) is 0 Å². The third-order valence-corrected chi connectivity index (χ3v) is 5.59. The van der Waals surface area contributed by atoms with E-state index in [9.17, 15) is 4.79 Å². The molecule has 0 spiro atoms. The second kappa shape index (κ2) is 6.81. The molecule has 1 fully saturated rings. The fourth-order valence-corrected chi connectivity index (χ4v) is 4.60. The number of hydrogen-bond donors (Lipinski definition) is 1. The van der Waals surface area contributed by atoms with Crippen molar-refractivity contribution in [2.75, 3.05) is 5.75 Å². The third-order valence-electron chi connectivity index (χ3n) is 4.20. The predicted molar refractivity (Wildman–Crippen MR) is 101 cm³/mol. The molecule has 2 aromatic rings. The molecule has 1 aliphatic heterocycles. The molecule has 3 rings (SSSR count). The van der Waals surface area contributed by atoms with Gasteiger partial charge in [-0.3, -0.25) is 9.78 Å². The molecule has 0 aliphatic carbocycles. The van der Waals surface area contributed by atoms with E-state index >= 15 is 0 Å². The van der Waals surface area contributed by atoms with Crippen molar-refractivity contribution < 1.29 is 4.79 Å². The van der Waals surface area contributed by atoms with Crippen molar-refractivity contribution >= 4 is 23.7 Å². The van der Waals surface area contributed by atoms with E-state index < -0.39 is 4.87 Å². The van der Waals surface area contributed by atoms with Gasteiger partial charge in [-0.2, -0.15) is 0 Å². The topological polar surface area (TPSA) is 42.0 Å². The Morgan fingerprint density at radius 3 is 2.67 bits per heavy atom. The quantitative estimate of drug-likeness (QED) is 0.875. The van der Waals surface area contributed by atoms with E-state index in [-0.39, 0.29) is 5.91 Å². The first-order valence-corrected chi connectivity index (χ1v) is 9.15. The van der Waals surface area contributed by atoms with Gasteiger partial charge in [-0.25, -0.2) is 0 Å². The average molecular weight is 338 g/mol. The third kappa shape index (κ3) is 3.24. The first kappa shape index (κ1) is 16.8. The van der Waals surface area contributed by atoms with Gasteiger partial charge in [0.2, 0.25) is 5.91 Å². The van der Waals surface area contributed by atoms with Crippen molar-refractivity contribution in [1.82, 2.24) is 10.3 Å². The fraction of sp³-hybridized carbons (Fsp3) is 0.300. The number of pyridine rings is 1. The Hall–Kier alpha value is -2.07. The molecule has 1 atom stereocenters. The zero-order chi connectivity index (χ0) is 17.2. The zero-order valence-electron chi connectivity index (χ0n) is 14.1. The molecule has 0 radical (unpaired) electrons. The summed E-state index contributed by atoms with van der Waals surface area (Å²) in [5.41, 5.74) is 4.43. The summed E-state index contributed by atoms with van der Waals surface area (Å²) in [5, 5.41) is 3.22. The summed E-state index contributed by atoms with van der Waals surface area (Å²) in [7, 11) is 0. The fourth-order valence-electron chi connectivity index (χ4n) is 3.19. The summed E-state index contributed by atoms with van der Waals surface area (Å²) < 4.78 is 0. The van der Waals surface area contributed by atoms with E-state index in [0.29, 0.717) is 11.7 Å². The minimum atomic E-state index is -0.397. The number of amides is 1. The average Bonchev–Trinajstić information content (AvgIpc) is 2.96. The van der Waals surface area contributed by atoms with Crippen LogP contribution >= 0.6 is 11.8 Å². The van der Waals surface area contributed by atoms with Crippen LogP contribution in [0.25, 0.3) is 17.2 Å². The summed E-state index contributed by atoms with van der Waals surface area (Å²) in [6, 6.07) is 10.3. The summed E-state index contributed by atoms with van der Waals surface area (Å²) in [5.74, 6) is 1.06. The smallest absolute Gasteiger partial charge is 0.231 e. The number of thioether (sulfide) groups is 1. The first-order chi connectivity index (χ1) is 11.5. The molecular formula is C20H22N2OS. The highest BCUT2D eigenvalue weighted by Crippen LogP contribution is 2.46. The van der Waals surface area contributed by atoms with Crippen LogP contribution in [-0.4, -0.2) is 16.6 Å². The molecule has 1 aromatic heterocycles. The number of benzene rings is 1. The van der Waals surface area contributed by atoms with Crippen LogP contribution in [0.5, 0.6) is 0 Å². The number of carbonyl (C=O) groups excluding carboxylic acids is 1. The van der Waals surface area contributed by atoms with Crippen molar-refractivity contribution in [3.63, 3.8) is 0 Å². The maximum atomic E-state index is 12.0. The van der Waals surface area contributed by atoms with E-state index in [1.54, 1.807) is 11.8 Å². The van der Waals surface area contributed by atoms with Crippen molar-refractivity contribution in [2.24, 2.45) is 5.92 Å². The maximum Gasteiger partial charge on any atom is 0.231 e. The highest BCUT2D eigenvalue weighted by molar-refractivity contribution is 8.01. The van der Waals surface area contributed by atoms with Crippen molar-refractivity contribution in [1.29, 1.82) is 0 Å². The maximum absolute atomic E-state index is 12.0. The van der Waals surface area contributed by atoms with E-state index in [2.05, 4.69) is 55.0 Å². The minimum Gasteiger partial charge on any atom is -0.337 e. The lowest BCUT2D eigenvalue weighted by Gasteiger charge is -2.32. The molecule has 124 valence electrons. The largest absolute Gasteiger partial charge is 0.337 e. The number of nitrogens with zero attached hydrogens (tertiary/aromatic N) is 1. The zero-order valence-corrected chi connectivity index (χ0v) is 14.9. The lowest BCUT2D eigenvalue weighted by molar-refractivity contribution is -0.118. The summed E-state index contributed by atoms with van der Waals surface area (Å²) in [6.07, 6.45) is 6.43. The number of nitrogens with one attached hydrogen (secondary N) is 1. The summed E-state index contributed by atoms with van der Waals surface area (Å²) in [4.78, 5) is 15.9. The SMILES string of the molecule is C=Cc1ccc(-c2ccncc2C2(CC(C)C)NC(=O)CS2)cc1. The Morgan fingerprint density at radius 2 is 2.08 bits per heavy atom. The second-order valence-electron chi connectivity index (χ2n) is 6.51. The van der Waals surface area contributed by atoms with Gasteiger partial charge in [-0.15, -0.1) is 11.8 Å². The molecule has 24 heavy (non-hydrogen) atoms. The van der Waals surface area contributed by atoms with Gasteiger partial charge in [0, 0.05) is 18.0 Å². The van der Waals surface area contributed by atoms with Crippen LogP contribution in [-0.2, 0) is 9.67 Å². The normalized spacial score (nSPS) is 20.2. The Kier molecular flexibility index (Phi) is 4.76. The van der Waals surface area contributed by atoms with Crippen LogP contribution in [0.1, 0.15) is 31.4 Å². The molecule has 1 aliphatic rings. The molecule has 0 bridgehead atoms. The molecule has 1 saturated heterocycles. The molecule has 0 saturated carbocycles. The Labute approximate surface area is 147 Å². The van der Waals surface area contributed by atoms with E-state index in [4.69, 9.17) is 0 Å². The van der Waals surface area contributed by atoms with Gasteiger partial charge in [0.1, 0.15) is 4.87 Å². The van der Waals surface area contributed by atoms with Crippen LogP contribution in [0.4, 0.5) is 0 Å². The van der Waals surface area contributed by atoms with E-state index in [0.717, 1.165) is 28.7 Å². The first-order valence-electron chi connectivity index (χ1n) is 8.16. The lowest BCUT2D eigenvalue weighted by Crippen LogP contribution is -2.38. The van der Waals surface area contributed by atoms with Gasteiger partial charge >= 0.3 is 0 Å². The Bertz CT molecular complexity index is 754. The molecular weight excluding hydrogens is 316 g/mol. The van der Waals surface area contributed by atoms with Gasteiger partial charge < -0.3 is 5.32 Å². The highest BCUT2D eigenvalue weighted by Gasteiger charge is 2.42. The molecule has 1 N–H and O–H groups in total. The molecule has 1 aromatic carbocycles. The number of carbonyl (C=O) groups is 1. The monoisotopic (exact) mass is 338 g/mol.